The second-order valence-corrected chi connectivity index (χ2v) is 8.42. The summed E-state index contributed by atoms with van der Waals surface area (Å²) in [7, 11) is 1.49. The number of aryl methyl sites for hydroxylation is 1. The fourth-order valence-corrected chi connectivity index (χ4v) is 3.92. The molecule has 1 unspecified atom stereocenters. The van der Waals surface area contributed by atoms with Crippen LogP contribution in [0.1, 0.15) is 30.4 Å². The highest BCUT2D eigenvalue weighted by molar-refractivity contribution is 5.71. The van der Waals surface area contributed by atoms with Crippen LogP contribution >= 0.6 is 0 Å². The molecule has 0 amide bonds. The fourth-order valence-electron chi connectivity index (χ4n) is 3.92. The van der Waals surface area contributed by atoms with Gasteiger partial charge in [0.1, 0.15) is 11.6 Å². The summed E-state index contributed by atoms with van der Waals surface area (Å²) in [5.74, 6) is -0.0135. The Morgan fingerprint density at radius 3 is 2.56 bits per heavy atom. The second-order valence-electron chi connectivity index (χ2n) is 8.42. The van der Waals surface area contributed by atoms with Gasteiger partial charge in [-0.2, -0.15) is 0 Å². The van der Waals surface area contributed by atoms with Crippen LogP contribution in [-0.2, 0) is 26.6 Å². The average Bonchev–Trinajstić information content (AvgIpc) is 3.15. The maximum Gasteiger partial charge on any atom is 0.573 e. The summed E-state index contributed by atoms with van der Waals surface area (Å²) in [6.45, 7) is 1.73. The van der Waals surface area contributed by atoms with Gasteiger partial charge in [0.05, 0.1) is 18.3 Å². The molecule has 190 valence electrons. The van der Waals surface area contributed by atoms with Crippen molar-refractivity contribution in [1.29, 1.82) is 0 Å². The van der Waals surface area contributed by atoms with Crippen molar-refractivity contribution in [2.75, 3.05) is 0 Å². The van der Waals surface area contributed by atoms with E-state index in [0.29, 0.717) is 17.1 Å². The normalized spacial score (nSPS) is 12.7. The number of ether oxygens (including phenoxy) is 1. The lowest BCUT2D eigenvalue weighted by molar-refractivity contribution is -0.274. The minimum absolute atomic E-state index is 0.0139. The van der Waals surface area contributed by atoms with Crippen molar-refractivity contribution in [2.45, 2.75) is 45.3 Å². The molecular weight excluding hydrogens is 479 g/mol. The number of hydrogen-bond acceptors (Lipinski definition) is 6. The van der Waals surface area contributed by atoms with Crippen molar-refractivity contribution in [1.82, 2.24) is 23.7 Å². The zero-order valence-electron chi connectivity index (χ0n) is 19.6. The minimum Gasteiger partial charge on any atom is -0.406 e. The number of fused-ring (bicyclic) bond motifs is 1. The SMILES string of the molecule is CC(O)CCn1c(=O)c2c(nc(Cc3cccc(OC(F)(F)F)c3)n2Cc2ccccn2)n(C)c1=O. The third kappa shape index (κ3) is 5.48. The summed E-state index contributed by atoms with van der Waals surface area (Å²) in [5, 5.41) is 9.66. The number of aliphatic hydroxyl groups is 1. The lowest BCUT2D eigenvalue weighted by Gasteiger charge is -2.12. The van der Waals surface area contributed by atoms with Crippen molar-refractivity contribution < 1.29 is 23.0 Å². The van der Waals surface area contributed by atoms with Crippen LogP contribution in [0, 0.1) is 0 Å². The molecule has 12 heteroatoms. The van der Waals surface area contributed by atoms with Crippen molar-refractivity contribution in [3.63, 3.8) is 0 Å². The van der Waals surface area contributed by atoms with E-state index in [0.717, 1.165) is 4.57 Å². The van der Waals surface area contributed by atoms with Crippen molar-refractivity contribution in [3.05, 3.63) is 86.6 Å². The second kappa shape index (κ2) is 9.97. The van der Waals surface area contributed by atoms with E-state index in [2.05, 4.69) is 14.7 Å². The Labute approximate surface area is 203 Å². The number of rotatable bonds is 8. The van der Waals surface area contributed by atoms with Gasteiger partial charge in [0.2, 0.25) is 0 Å². The van der Waals surface area contributed by atoms with E-state index >= 15 is 0 Å². The number of aliphatic hydroxyl groups excluding tert-OH is 1. The standard InChI is InChI=1S/C24H24F3N5O4/c1-15(33)9-11-31-22(34)20-21(30(2)23(31)35)29-19(32(20)14-17-7-3-4-10-28-17)13-16-6-5-8-18(12-16)36-24(25,26)27/h3-8,10,12,15,33H,9,11,13-14H2,1-2H3. The molecule has 9 nitrogen and oxygen atoms in total. The molecule has 0 saturated carbocycles. The molecule has 0 aliphatic carbocycles. The maximum atomic E-state index is 13.4. The Morgan fingerprint density at radius 1 is 1.11 bits per heavy atom. The molecule has 36 heavy (non-hydrogen) atoms. The third-order valence-corrected chi connectivity index (χ3v) is 5.62. The Morgan fingerprint density at radius 2 is 1.89 bits per heavy atom. The van der Waals surface area contributed by atoms with Gasteiger partial charge in [-0.3, -0.25) is 18.9 Å². The first-order valence-corrected chi connectivity index (χ1v) is 11.1. The summed E-state index contributed by atoms with van der Waals surface area (Å²) < 4.78 is 46.0. The van der Waals surface area contributed by atoms with Crippen molar-refractivity contribution >= 4 is 11.2 Å². The Kier molecular flexibility index (Phi) is 6.97. The number of nitrogens with zero attached hydrogens (tertiary/aromatic N) is 5. The van der Waals surface area contributed by atoms with Crippen LogP contribution in [0.5, 0.6) is 5.75 Å². The molecule has 0 aliphatic rings. The van der Waals surface area contributed by atoms with Crippen LogP contribution in [0.4, 0.5) is 13.2 Å². The predicted molar refractivity (Wildman–Crippen MR) is 125 cm³/mol. The number of hydrogen-bond donors (Lipinski definition) is 1. The summed E-state index contributed by atoms with van der Waals surface area (Å²) >= 11 is 0. The van der Waals surface area contributed by atoms with Gasteiger partial charge in [-0.1, -0.05) is 18.2 Å². The number of alkyl halides is 3. The van der Waals surface area contributed by atoms with E-state index in [1.54, 1.807) is 42.0 Å². The number of aromatic nitrogens is 5. The molecular formula is C24H24F3N5O4. The van der Waals surface area contributed by atoms with E-state index in [1.807, 2.05) is 0 Å². The zero-order chi connectivity index (χ0) is 26.0. The van der Waals surface area contributed by atoms with Crippen LogP contribution in [-0.4, -0.2) is 41.2 Å². The molecule has 0 saturated heterocycles. The lowest BCUT2D eigenvalue weighted by atomic mass is 10.1. The molecule has 0 spiro atoms. The van der Waals surface area contributed by atoms with Gasteiger partial charge in [0, 0.05) is 26.2 Å². The summed E-state index contributed by atoms with van der Waals surface area (Å²) in [6, 6.07) is 10.8. The van der Waals surface area contributed by atoms with E-state index < -0.39 is 23.7 Å². The van der Waals surface area contributed by atoms with Gasteiger partial charge >= 0.3 is 12.1 Å². The predicted octanol–water partition coefficient (Wildman–Crippen LogP) is 2.60. The van der Waals surface area contributed by atoms with E-state index in [4.69, 9.17) is 0 Å². The fraction of sp³-hybridized carbons (Fsp3) is 0.333. The molecule has 4 rings (SSSR count). The number of benzene rings is 1. The van der Waals surface area contributed by atoms with E-state index in [1.165, 1.54) is 29.8 Å². The molecule has 3 aromatic heterocycles. The van der Waals surface area contributed by atoms with Gasteiger partial charge in [0.25, 0.3) is 5.56 Å². The monoisotopic (exact) mass is 503 g/mol. The lowest BCUT2D eigenvalue weighted by Crippen LogP contribution is -2.40. The van der Waals surface area contributed by atoms with Gasteiger partial charge in [-0.25, -0.2) is 9.78 Å². The average molecular weight is 503 g/mol. The molecule has 4 aromatic rings. The van der Waals surface area contributed by atoms with Crippen LogP contribution < -0.4 is 16.0 Å². The highest BCUT2D eigenvalue weighted by atomic mass is 19.4. The largest absolute Gasteiger partial charge is 0.573 e. The molecule has 1 atom stereocenters. The Hall–Kier alpha value is -3.93. The first-order valence-electron chi connectivity index (χ1n) is 11.1. The highest BCUT2D eigenvalue weighted by Gasteiger charge is 2.31. The number of pyridine rings is 1. The van der Waals surface area contributed by atoms with Crippen LogP contribution in [0.25, 0.3) is 11.2 Å². The molecule has 0 radical (unpaired) electrons. The highest BCUT2D eigenvalue weighted by Crippen LogP contribution is 2.25. The molecule has 3 heterocycles. The maximum absolute atomic E-state index is 13.4. The molecule has 0 fully saturated rings. The zero-order valence-corrected chi connectivity index (χ0v) is 19.6. The number of halogens is 3. The summed E-state index contributed by atoms with van der Waals surface area (Å²) in [6.07, 6.45) is -3.67. The quantitative estimate of drug-likeness (QED) is 0.397. The first kappa shape index (κ1) is 25.2. The molecule has 0 bridgehead atoms. The molecule has 0 aliphatic heterocycles. The van der Waals surface area contributed by atoms with E-state index in [9.17, 15) is 27.9 Å². The Bertz CT molecular complexity index is 1490. The van der Waals surface area contributed by atoms with E-state index in [-0.39, 0.29) is 42.8 Å². The molecule has 1 aromatic carbocycles. The Balaban J connectivity index is 1.86. The van der Waals surface area contributed by atoms with Crippen LogP contribution in [0.3, 0.4) is 0 Å². The number of imidazole rings is 1. The van der Waals surface area contributed by atoms with Crippen LogP contribution in [0.15, 0.2) is 58.3 Å². The third-order valence-electron chi connectivity index (χ3n) is 5.62. The first-order chi connectivity index (χ1) is 17.0. The summed E-state index contributed by atoms with van der Waals surface area (Å²) in [4.78, 5) is 35.2. The topological polar surface area (TPSA) is 104 Å². The van der Waals surface area contributed by atoms with Gasteiger partial charge < -0.3 is 14.4 Å². The van der Waals surface area contributed by atoms with Gasteiger partial charge in [-0.05, 0) is 43.2 Å². The van der Waals surface area contributed by atoms with Crippen molar-refractivity contribution in [2.24, 2.45) is 7.05 Å². The van der Waals surface area contributed by atoms with Gasteiger partial charge in [0.15, 0.2) is 11.2 Å². The van der Waals surface area contributed by atoms with Gasteiger partial charge in [-0.15, -0.1) is 13.2 Å². The summed E-state index contributed by atoms with van der Waals surface area (Å²) in [5.41, 5.74) is 0.239. The molecule has 1 N–H and O–H groups in total. The van der Waals surface area contributed by atoms with Crippen molar-refractivity contribution in [3.8, 4) is 5.75 Å². The smallest absolute Gasteiger partial charge is 0.406 e. The minimum atomic E-state index is -4.83. The van der Waals surface area contributed by atoms with Crippen LogP contribution in [0.2, 0.25) is 0 Å².